The first-order valence-corrected chi connectivity index (χ1v) is 7.60. The van der Waals surface area contributed by atoms with Gasteiger partial charge in [0.15, 0.2) is 0 Å². The molecule has 0 amide bonds. The van der Waals surface area contributed by atoms with E-state index in [9.17, 15) is 0 Å². The first-order chi connectivity index (χ1) is 8.00. The summed E-state index contributed by atoms with van der Waals surface area (Å²) < 4.78 is 0. The van der Waals surface area contributed by atoms with E-state index in [0.29, 0.717) is 16.7 Å². The minimum absolute atomic E-state index is 0.135. The molecule has 18 heavy (non-hydrogen) atoms. The van der Waals surface area contributed by atoms with Gasteiger partial charge in [0.05, 0.1) is 7.85 Å². The molecular formula is C16H29B2. The molecule has 4 unspecified atom stereocenters. The van der Waals surface area contributed by atoms with Gasteiger partial charge in [0, 0.05) is 0 Å². The number of rotatable bonds is 2. The molecule has 2 bridgehead atoms. The molecule has 0 spiro atoms. The lowest BCUT2D eigenvalue weighted by atomic mass is 9.28. The van der Waals surface area contributed by atoms with E-state index >= 15 is 0 Å². The first-order valence-electron chi connectivity index (χ1n) is 7.60. The molecule has 2 heteroatoms. The predicted octanol–water partition coefficient (Wildman–Crippen LogP) is 4.53. The van der Waals surface area contributed by atoms with Gasteiger partial charge in [0.25, 0.3) is 0 Å². The van der Waals surface area contributed by atoms with Crippen LogP contribution in [0.15, 0.2) is 0 Å². The Morgan fingerprint density at radius 1 is 1.17 bits per heavy atom. The molecule has 0 aromatic rings. The van der Waals surface area contributed by atoms with Gasteiger partial charge < -0.3 is 0 Å². The molecule has 0 aliphatic heterocycles. The van der Waals surface area contributed by atoms with Gasteiger partial charge in [-0.05, 0) is 47.3 Å². The lowest BCUT2D eigenvalue weighted by Crippen LogP contribution is -2.47. The lowest BCUT2D eigenvalue weighted by molar-refractivity contribution is 0.0638. The fraction of sp³-hybridized carbons (Fsp3) is 1.00. The van der Waals surface area contributed by atoms with Gasteiger partial charge in [-0.15, -0.1) is 0 Å². The highest BCUT2D eigenvalue weighted by atomic mass is 14.7. The molecule has 0 aromatic carbocycles. The van der Waals surface area contributed by atoms with Crippen molar-refractivity contribution >= 4 is 15.1 Å². The third kappa shape index (κ3) is 1.53. The minimum atomic E-state index is -0.145. The largest absolute Gasteiger partial charge is 0.104 e. The second kappa shape index (κ2) is 3.83. The van der Waals surface area contributed by atoms with Gasteiger partial charge in [0.2, 0.25) is 0 Å². The van der Waals surface area contributed by atoms with Crippen LogP contribution in [0.4, 0.5) is 0 Å². The van der Waals surface area contributed by atoms with E-state index in [1.165, 1.54) is 19.3 Å². The van der Waals surface area contributed by atoms with E-state index in [4.69, 9.17) is 7.85 Å². The van der Waals surface area contributed by atoms with Crippen molar-refractivity contribution < 1.29 is 0 Å². The molecule has 0 aromatic heterocycles. The Kier molecular flexibility index (Phi) is 3.09. The Labute approximate surface area is 116 Å². The second-order valence-corrected chi connectivity index (χ2v) is 8.63. The van der Waals surface area contributed by atoms with E-state index < -0.39 is 0 Å². The Bertz CT molecular complexity index is 341. The van der Waals surface area contributed by atoms with Crippen molar-refractivity contribution in [3.63, 3.8) is 0 Å². The van der Waals surface area contributed by atoms with Crippen molar-refractivity contribution in [2.24, 2.45) is 28.1 Å². The van der Waals surface area contributed by atoms with Crippen LogP contribution in [0.25, 0.3) is 0 Å². The standard InChI is InChI=1S/C16H29B2/c1-13(2,3)16(17,18-7)12-10-11-8-9-15(12,6)14(11,4)5/h11-12H,8-10H2,1-7H3. The maximum Gasteiger partial charge on any atom is 0.104 e. The molecule has 0 N–H and O–H groups in total. The van der Waals surface area contributed by atoms with Crippen LogP contribution in [0.2, 0.25) is 12.0 Å². The summed E-state index contributed by atoms with van der Waals surface area (Å²) in [7, 11) is 9.21. The van der Waals surface area contributed by atoms with Crippen molar-refractivity contribution in [1.29, 1.82) is 0 Å². The van der Waals surface area contributed by atoms with Gasteiger partial charge in [-0.2, -0.15) is 0 Å². The average Bonchev–Trinajstić information content (AvgIpc) is 2.58. The molecule has 2 saturated carbocycles. The van der Waals surface area contributed by atoms with E-state index in [1.807, 2.05) is 0 Å². The van der Waals surface area contributed by atoms with E-state index in [1.54, 1.807) is 0 Å². The number of hydrogen-bond acceptors (Lipinski definition) is 0. The van der Waals surface area contributed by atoms with Crippen LogP contribution < -0.4 is 0 Å². The van der Waals surface area contributed by atoms with Crippen molar-refractivity contribution in [2.45, 2.75) is 72.8 Å². The summed E-state index contributed by atoms with van der Waals surface area (Å²) in [5.74, 6) is 1.50. The van der Waals surface area contributed by atoms with Crippen LogP contribution in [0.5, 0.6) is 0 Å². The predicted molar refractivity (Wildman–Crippen MR) is 82.2 cm³/mol. The van der Waals surface area contributed by atoms with Crippen molar-refractivity contribution in [3.05, 3.63) is 0 Å². The van der Waals surface area contributed by atoms with E-state index in [-0.39, 0.29) is 10.6 Å². The Hall–Kier alpha value is 0.130. The molecule has 2 rings (SSSR count). The summed E-state index contributed by atoms with van der Waals surface area (Å²) in [6.07, 6.45) is 4.09. The second-order valence-electron chi connectivity index (χ2n) is 8.63. The third-order valence-corrected chi connectivity index (χ3v) is 7.15. The maximum atomic E-state index is 6.92. The summed E-state index contributed by atoms with van der Waals surface area (Å²) in [6, 6.07) is 0. The summed E-state index contributed by atoms with van der Waals surface area (Å²) >= 11 is 0. The smallest absolute Gasteiger partial charge is 0.0921 e. The molecule has 0 heterocycles. The molecule has 3 radical (unpaired) electrons. The molecule has 99 valence electrons. The van der Waals surface area contributed by atoms with Gasteiger partial charge in [0.1, 0.15) is 7.28 Å². The van der Waals surface area contributed by atoms with Gasteiger partial charge in [-0.3, -0.25) is 0 Å². The van der Waals surface area contributed by atoms with Crippen molar-refractivity contribution in [1.82, 2.24) is 0 Å². The summed E-state index contributed by atoms with van der Waals surface area (Å²) in [5.41, 5.74) is 0.999. The fourth-order valence-electron chi connectivity index (χ4n) is 5.08. The van der Waals surface area contributed by atoms with Crippen LogP contribution >= 0.6 is 0 Å². The van der Waals surface area contributed by atoms with Gasteiger partial charge in [-0.1, -0.05) is 53.6 Å². The molecule has 0 nitrogen and oxygen atoms in total. The summed E-state index contributed by atoms with van der Waals surface area (Å²) in [4.78, 5) is 0. The lowest BCUT2D eigenvalue weighted by Gasteiger charge is -2.55. The maximum absolute atomic E-state index is 6.92. The topological polar surface area (TPSA) is 0 Å². The highest BCUT2D eigenvalue weighted by molar-refractivity contribution is 6.53. The Morgan fingerprint density at radius 3 is 2.00 bits per heavy atom. The first kappa shape index (κ1) is 14.5. The summed E-state index contributed by atoms with van der Waals surface area (Å²) in [5, 5.41) is -0.145. The Balaban J connectivity index is 2.43. The van der Waals surface area contributed by atoms with Crippen LogP contribution in [0, 0.1) is 28.1 Å². The van der Waals surface area contributed by atoms with Crippen molar-refractivity contribution in [3.8, 4) is 0 Å². The minimum Gasteiger partial charge on any atom is -0.0921 e. The zero-order chi connectivity index (χ0) is 14.0. The number of hydrogen-bond donors (Lipinski definition) is 0. The van der Waals surface area contributed by atoms with Crippen LogP contribution in [0.1, 0.15) is 60.8 Å². The third-order valence-electron chi connectivity index (χ3n) is 7.15. The molecule has 2 aliphatic carbocycles. The monoisotopic (exact) mass is 243 g/mol. The Morgan fingerprint density at radius 2 is 1.72 bits per heavy atom. The molecule has 4 atom stereocenters. The zero-order valence-electron chi connectivity index (χ0n) is 13.4. The van der Waals surface area contributed by atoms with Gasteiger partial charge >= 0.3 is 0 Å². The highest BCUT2D eigenvalue weighted by Gasteiger charge is 2.65. The fourth-order valence-corrected chi connectivity index (χ4v) is 5.08. The SMILES string of the molecule is [B]C([B]C)(C1CC2CCC1(C)C2(C)C)C(C)(C)C. The van der Waals surface area contributed by atoms with Crippen LogP contribution in [-0.2, 0) is 0 Å². The normalized spacial score (nSPS) is 41.7. The zero-order valence-corrected chi connectivity index (χ0v) is 13.4. The highest BCUT2D eigenvalue weighted by Crippen LogP contribution is 2.74. The number of fused-ring (bicyclic) bond motifs is 2. The molecule has 2 fully saturated rings. The molecular weight excluding hydrogens is 214 g/mol. The molecule has 0 saturated heterocycles. The van der Waals surface area contributed by atoms with Crippen LogP contribution in [-0.4, -0.2) is 15.1 Å². The average molecular weight is 243 g/mol. The van der Waals surface area contributed by atoms with Gasteiger partial charge in [-0.25, -0.2) is 0 Å². The molecule has 2 aliphatic rings. The van der Waals surface area contributed by atoms with E-state index in [0.717, 1.165) is 5.92 Å². The van der Waals surface area contributed by atoms with Crippen molar-refractivity contribution in [2.75, 3.05) is 0 Å². The van der Waals surface area contributed by atoms with E-state index in [2.05, 4.69) is 55.6 Å². The van der Waals surface area contributed by atoms with Crippen LogP contribution in [0.3, 0.4) is 0 Å². The quantitative estimate of drug-likeness (QED) is 0.625. The summed E-state index contributed by atoms with van der Waals surface area (Å²) in [6.45, 7) is 16.5.